The first-order chi connectivity index (χ1) is 16.1. The van der Waals surface area contributed by atoms with Gasteiger partial charge in [0.05, 0.1) is 35.8 Å². The number of ether oxygens (including phenoxy) is 1. The quantitative estimate of drug-likeness (QED) is 0.307. The molecule has 8 heteroatoms. The van der Waals surface area contributed by atoms with E-state index in [0.717, 1.165) is 26.5 Å². The zero-order valence-corrected chi connectivity index (χ0v) is 19.3. The number of methoxy groups -OCH3 is 1. The molecule has 33 heavy (non-hydrogen) atoms. The summed E-state index contributed by atoms with van der Waals surface area (Å²) in [5.41, 5.74) is 4.93. The normalized spacial score (nSPS) is 11.0. The zero-order valence-electron chi connectivity index (χ0n) is 17.7. The average Bonchev–Trinajstić information content (AvgIpc) is 3.23. The molecule has 0 aliphatic heterocycles. The minimum atomic E-state index is -0.381. The summed E-state index contributed by atoms with van der Waals surface area (Å²) >= 11 is 3.42. The van der Waals surface area contributed by atoms with Gasteiger partial charge in [0.1, 0.15) is 11.3 Å². The second-order valence-electron chi connectivity index (χ2n) is 7.46. The highest BCUT2D eigenvalue weighted by Crippen LogP contribution is 2.29. The third-order valence-corrected chi connectivity index (χ3v) is 5.88. The van der Waals surface area contributed by atoms with Crippen LogP contribution in [0.25, 0.3) is 21.9 Å². The standard InChI is InChI=1S/C25H20BrN5O2/c1-33-23-10-9-17(26)13-21(23)30-25(32)29-20-7-4-8-22-24(20)28-15-31(22)14-16-11-12-27-19-6-3-2-5-18(16)19/h2-13,15H,14H2,1H3,(H2,29,30,32). The molecular formula is C25H20BrN5O2. The molecule has 0 aliphatic carbocycles. The number of aromatic nitrogens is 3. The molecule has 0 fully saturated rings. The number of amides is 2. The van der Waals surface area contributed by atoms with Gasteiger partial charge in [-0.25, -0.2) is 9.78 Å². The van der Waals surface area contributed by atoms with Crippen LogP contribution in [-0.2, 0) is 6.54 Å². The topological polar surface area (TPSA) is 81.1 Å². The van der Waals surface area contributed by atoms with E-state index in [9.17, 15) is 4.79 Å². The van der Waals surface area contributed by atoms with Gasteiger partial charge in [0.25, 0.3) is 0 Å². The number of benzene rings is 3. The maximum absolute atomic E-state index is 12.7. The Morgan fingerprint density at radius 2 is 1.85 bits per heavy atom. The number of nitrogens with zero attached hydrogens (tertiary/aromatic N) is 3. The van der Waals surface area contributed by atoms with Crippen LogP contribution >= 0.6 is 15.9 Å². The van der Waals surface area contributed by atoms with Gasteiger partial charge in [-0.15, -0.1) is 0 Å². The molecule has 2 N–H and O–H groups in total. The lowest BCUT2D eigenvalue weighted by atomic mass is 10.1. The summed E-state index contributed by atoms with van der Waals surface area (Å²) in [5, 5.41) is 6.85. The van der Waals surface area contributed by atoms with E-state index in [1.165, 1.54) is 0 Å². The lowest BCUT2D eigenvalue weighted by Crippen LogP contribution is -2.20. The SMILES string of the molecule is COc1ccc(Br)cc1NC(=O)Nc1cccc2c1ncn2Cc1ccnc2ccccc12. The predicted octanol–water partition coefficient (Wildman–Crippen LogP) is 6.05. The Kier molecular flexibility index (Phi) is 5.66. The molecule has 2 heterocycles. The number of pyridine rings is 1. The van der Waals surface area contributed by atoms with Crippen LogP contribution < -0.4 is 15.4 Å². The Bertz CT molecular complexity index is 1480. The minimum Gasteiger partial charge on any atom is -0.495 e. The molecule has 0 atom stereocenters. The average molecular weight is 502 g/mol. The van der Waals surface area contributed by atoms with Crippen molar-refractivity contribution >= 4 is 55.3 Å². The third-order valence-electron chi connectivity index (χ3n) is 5.39. The molecule has 2 amide bonds. The number of urea groups is 1. The van der Waals surface area contributed by atoms with Crippen molar-refractivity contribution in [3.63, 3.8) is 0 Å². The van der Waals surface area contributed by atoms with E-state index in [1.807, 2.05) is 54.7 Å². The molecule has 0 unspecified atom stereocenters. The van der Waals surface area contributed by atoms with Crippen molar-refractivity contribution in [3.8, 4) is 5.75 Å². The summed E-state index contributed by atoms with van der Waals surface area (Å²) in [6, 6.07) is 20.9. The fourth-order valence-corrected chi connectivity index (χ4v) is 4.21. The van der Waals surface area contributed by atoms with Crippen molar-refractivity contribution in [2.45, 2.75) is 6.54 Å². The summed E-state index contributed by atoms with van der Waals surface area (Å²) in [6.07, 6.45) is 3.62. The number of rotatable bonds is 5. The van der Waals surface area contributed by atoms with Crippen molar-refractivity contribution in [3.05, 3.63) is 89.3 Å². The number of hydrogen-bond acceptors (Lipinski definition) is 4. The number of nitrogens with one attached hydrogen (secondary N) is 2. The van der Waals surface area contributed by atoms with Crippen LogP contribution in [0.1, 0.15) is 5.56 Å². The van der Waals surface area contributed by atoms with Gasteiger partial charge in [0.2, 0.25) is 0 Å². The van der Waals surface area contributed by atoms with E-state index in [1.54, 1.807) is 25.6 Å². The molecule has 0 spiro atoms. The van der Waals surface area contributed by atoms with Gasteiger partial charge in [0.15, 0.2) is 0 Å². The molecule has 5 rings (SSSR count). The Balaban J connectivity index is 1.41. The van der Waals surface area contributed by atoms with Crippen LogP contribution in [0.2, 0.25) is 0 Å². The van der Waals surface area contributed by atoms with Gasteiger partial charge in [0, 0.05) is 22.6 Å². The van der Waals surface area contributed by atoms with E-state index in [4.69, 9.17) is 4.74 Å². The Hall–Kier alpha value is -3.91. The van der Waals surface area contributed by atoms with Gasteiger partial charge in [-0.05, 0) is 48.0 Å². The smallest absolute Gasteiger partial charge is 0.323 e. The monoisotopic (exact) mass is 501 g/mol. The number of halogens is 1. The highest BCUT2D eigenvalue weighted by molar-refractivity contribution is 9.10. The van der Waals surface area contributed by atoms with Gasteiger partial charge in [-0.1, -0.05) is 40.2 Å². The van der Waals surface area contributed by atoms with Crippen molar-refractivity contribution in [2.24, 2.45) is 0 Å². The van der Waals surface area contributed by atoms with Crippen molar-refractivity contribution in [1.82, 2.24) is 14.5 Å². The van der Waals surface area contributed by atoms with Crippen LogP contribution in [0.4, 0.5) is 16.2 Å². The number of imidazole rings is 1. The number of para-hydroxylation sites is 2. The maximum Gasteiger partial charge on any atom is 0.323 e. The summed E-state index contributed by atoms with van der Waals surface area (Å²) in [5.74, 6) is 0.570. The van der Waals surface area contributed by atoms with Crippen molar-refractivity contribution in [1.29, 1.82) is 0 Å². The summed E-state index contributed by atoms with van der Waals surface area (Å²) < 4.78 is 8.23. The highest BCUT2D eigenvalue weighted by Gasteiger charge is 2.13. The Morgan fingerprint density at radius 3 is 2.73 bits per heavy atom. The minimum absolute atomic E-state index is 0.381. The summed E-state index contributed by atoms with van der Waals surface area (Å²) in [7, 11) is 1.56. The van der Waals surface area contributed by atoms with E-state index in [2.05, 4.69) is 47.2 Å². The lowest BCUT2D eigenvalue weighted by molar-refractivity contribution is 0.262. The molecule has 3 aromatic carbocycles. The van der Waals surface area contributed by atoms with Crippen LogP contribution in [0.5, 0.6) is 5.75 Å². The number of hydrogen-bond donors (Lipinski definition) is 2. The predicted molar refractivity (Wildman–Crippen MR) is 134 cm³/mol. The van der Waals surface area contributed by atoms with E-state index < -0.39 is 0 Å². The fraction of sp³-hybridized carbons (Fsp3) is 0.0800. The first-order valence-corrected chi connectivity index (χ1v) is 11.1. The maximum atomic E-state index is 12.7. The van der Waals surface area contributed by atoms with Gasteiger partial charge in [-0.3, -0.25) is 4.98 Å². The molecule has 0 aliphatic rings. The van der Waals surface area contributed by atoms with Gasteiger partial charge >= 0.3 is 6.03 Å². The number of carbonyl (C=O) groups is 1. The number of fused-ring (bicyclic) bond motifs is 2. The van der Waals surface area contributed by atoms with Gasteiger partial charge in [-0.2, -0.15) is 0 Å². The van der Waals surface area contributed by atoms with Crippen LogP contribution in [0.3, 0.4) is 0 Å². The van der Waals surface area contributed by atoms with E-state index >= 15 is 0 Å². The highest BCUT2D eigenvalue weighted by atomic mass is 79.9. The van der Waals surface area contributed by atoms with Crippen LogP contribution in [0.15, 0.2) is 83.7 Å². The summed E-state index contributed by atoms with van der Waals surface area (Å²) in [4.78, 5) is 21.7. The molecule has 0 saturated heterocycles. The first kappa shape index (κ1) is 21.0. The first-order valence-electron chi connectivity index (χ1n) is 10.3. The summed E-state index contributed by atoms with van der Waals surface area (Å²) in [6.45, 7) is 0.643. The number of carbonyl (C=O) groups excluding carboxylic acids is 1. The zero-order chi connectivity index (χ0) is 22.8. The second-order valence-corrected chi connectivity index (χ2v) is 8.37. The molecule has 7 nitrogen and oxygen atoms in total. The largest absolute Gasteiger partial charge is 0.495 e. The molecule has 2 aromatic heterocycles. The number of anilines is 2. The molecule has 0 bridgehead atoms. The molecule has 0 radical (unpaired) electrons. The van der Waals surface area contributed by atoms with E-state index in [-0.39, 0.29) is 6.03 Å². The molecule has 164 valence electrons. The molecule has 0 saturated carbocycles. The van der Waals surface area contributed by atoms with Crippen LogP contribution in [0, 0.1) is 0 Å². The molecular weight excluding hydrogens is 482 g/mol. The van der Waals surface area contributed by atoms with E-state index in [0.29, 0.717) is 29.2 Å². The Labute approximate surface area is 198 Å². The Morgan fingerprint density at radius 1 is 1.00 bits per heavy atom. The lowest BCUT2D eigenvalue weighted by Gasteiger charge is -2.12. The van der Waals surface area contributed by atoms with Crippen molar-refractivity contribution < 1.29 is 9.53 Å². The van der Waals surface area contributed by atoms with Crippen molar-refractivity contribution in [2.75, 3.05) is 17.7 Å². The third kappa shape index (κ3) is 4.25. The van der Waals surface area contributed by atoms with Gasteiger partial charge < -0.3 is 19.9 Å². The second kappa shape index (κ2) is 8.91. The fourth-order valence-electron chi connectivity index (χ4n) is 3.85. The van der Waals surface area contributed by atoms with Crippen LogP contribution in [-0.4, -0.2) is 27.7 Å². The molecule has 5 aromatic rings.